The minimum Gasteiger partial charge on any atom is -0.378 e. The van der Waals surface area contributed by atoms with Crippen molar-refractivity contribution >= 4 is 17.5 Å². The Balaban J connectivity index is 1.47. The van der Waals surface area contributed by atoms with Gasteiger partial charge in [0.2, 0.25) is 11.8 Å². The lowest BCUT2D eigenvalue weighted by Crippen LogP contribution is -2.47. The van der Waals surface area contributed by atoms with Gasteiger partial charge in [-0.25, -0.2) is 0 Å². The lowest BCUT2D eigenvalue weighted by molar-refractivity contribution is -0.123. The first kappa shape index (κ1) is 15.8. The molecule has 6 heteroatoms. The Bertz CT molecular complexity index is 553. The molecule has 0 bridgehead atoms. The number of hydrogen-bond donors (Lipinski definition) is 2. The van der Waals surface area contributed by atoms with Crippen LogP contribution in [0.1, 0.15) is 24.8 Å². The number of nitrogens with one attached hydrogen (secondary N) is 2. The van der Waals surface area contributed by atoms with Crippen molar-refractivity contribution in [2.24, 2.45) is 0 Å². The largest absolute Gasteiger partial charge is 0.378 e. The van der Waals surface area contributed by atoms with E-state index in [0.717, 1.165) is 37.2 Å². The Morgan fingerprint density at radius 1 is 1.35 bits per heavy atom. The van der Waals surface area contributed by atoms with E-state index < -0.39 is 0 Å². The van der Waals surface area contributed by atoms with Crippen LogP contribution in [0.15, 0.2) is 24.3 Å². The third-order valence-corrected chi connectivity index (χ3v) is 4.27. The third-order valence-electron chi connectivity index (χ3n) is 4.27. The molecule has 0 aromatic heterocycles. The van der Waals surface area contributed by atoms with Crippen LogP contribution in [0.4, 0.5) is 5.69 Å². The smallest absolute Gasteiger partial charge is 0.239 e. The van der Waals surface area contributed by atoms with Crippen LogP contribution in [0.3, 0.4) is 0 Å². The summed E-state index contributed by atoms with van der Waals surface area (Å²) in [4.78, 5) is 25.4. The molecule has 1 aromatic rings. The highest BCUT2D eigenvalue weighted by Gasteiger charge is 2.19. The molecule has 2 aliphatic rings. The Kier molecular flexibility index (Phi) is 5.12. The van der Waals surface area contributed by atoms with Gasteiger partial charge in [0, 0.05) is 31.9 Å². The van der Waals surface area contributed by atoms with Gasteiger partial charge in [-0.1, -0.05) is 12.1 Å². The highest BCUT2D eigenvalue weighted by atomic mass is 16.5. The molecule has 2 N–H and O–H groups in total. The van der Waals surface area contributed by atoms with Gasteiger partial charge in [0.05, 0.1) is 19.1 Å². The zero-order valence-electron chi connectivity index (χ0n) is 13.2. The average Bonchev–Trinajstić information content (AvgIpc) is 3.06. The number of piperazine rings is 1. The molecule has 2 heterocycles. The van der Waals surface area contributed by atoms with Crippen molar-refractivity contribution in [2.75, 3.05) is 31.1 Å². The number of amides is 2. The number of hydrogen-bond acceptors (Lipinski definition) is 4. The van der Waals surface area contributed by atoms with Crippen LogP contribution < -0.4 is 15.5 Å². The number of ether oxygens (including phenoxy) is 1. The van der Waals surface area contributed by atoms with E-state index >= 15 is 0 Å². The summed E-state index contributed by atoms with van der Waals surface area (Å²) in [5, 5.41) is 5.75. The van der Waals surface area contributed by atoms with Gasteiger partial charge in [-0.2, -0.15) is 0 Å². The second-order valence-corrected chi connectivity index (χ2v) is 6.05. The van der Waals surface area contributed by atoms with Crippen molar-refractivity contribution in [1.29, 1.82) is 0 Å². The molecule has 23 heavy (non-hydrogen) atoms. The van der Waals surface area contributed by atoms with Crippen molar-refractivity contribution in [3.05, 3.63) is 29.8 Å². The molecule has 2 aliphatic heterocycles. The normalized spacial score (nSPS) is 21.1. The van der Waals surface area contributed by atoms with E-state index in [2.05, 4.69) is 15.5 Å². The van der Waals surface area contributed by atoms with Crippen molar-refractivity contribution in [2.45, 2.75) is 31.9 Å². The summed E-state index contributed by atoms with van der Waals surface area (Å²) in [5.41, 5.74) is 2.09. The fourth-order valence-electron chi connectivity index (χ4n) is 2.97. The highest BCUT2D eigenvalue weighted by molar-refractivity contribution is 5.82. The molecular weight excluding hydrogens is 294 g/mol. The van der Waals surface area contributed by atoms with Crippen LogP contribution in [-0.4, -0.2) is 44.2 Å². The van der Waals surface area contributed by atoms with Crippen molar-refractivity contribution < 1.29 is 14.3 Å². The van der Waals surface area contributed by atoms with Gasteiger partial charge in [0.15, 0.2) is 0 Å². The summed E-state index contributed by atoms with van der Waals surface area (Å²) in [6.45, 7) is 3.20. The summed E-state index contributed by atoms with van der Waals surface area (Å²) >= 11 is 0. The molecule has 3 rings (SSSR count). The Morgan fingerprint density at radius 3 is 2.87 bits per heavy atom. The molecule has 1 aromatic carbocycles. The molecule has 2 saturated heterocycles. The predicted molar refractivity (Wildman–Crippen MR) is 87.1 cm³/mol. The third kappa shape index (κ3) is 4.45. The lowest BCUT2D eigenvalue weighted by atomic mass is 10.1. The van der Waals surface area contributed by atoms with Crippen molar-refractivity contribution in [3.63, 3.8) is 0 Å². The molecule has 1 atom stereocenters. The van der Waals surface area contributed by atoms with Gasteiger partial charge in [0.1, 0.15) is 0 Å². The van der Waals surface area contributed by atoms with Gasteiger partial charge >= 0.3 is 0 Å². The van der Waals surface area contributed by atoms with E-state index in [1.54, 1.807) is 0 Å². The number of benzene rings is 1. The molecule has 6 nitrogen and oxygen atoms in total. The average molecular weight is 317 g/mol. The van der Waals surface area contributed by atoms with Crippen LogP contribution in [0, 0.1) is 0 Å². The molecule has 0 radical (unpaired) electrons. The molecule has 124 valence electrons. The number of carbonyl (C=O) groups excluding carboxylic acids is 2. The van der Waals surface area contributed by atoms with E-state index in [1.165, 1.54) is 0 Å². The van der Waals surface area contributed by atoms with Crippen LogP contribution in [-0.2, 0) is 20.9 Å². The summed E-state index contributed by atoms with van der Waals surface area (Å²) in [6, 6.07) is 7.99. The molecule has 0 saturated carbocycles. The van der Waals surface area contributed by atoms with Gasteiger partial charge in [-0.05, 0) is 30.5 Å². The van der Waals surface area contributed by atoms with E-state index in [0.29, 0.717) is 26.1 Å². The Hall–Kier alpha value is -2.08. The lowest BCUT2D eigenvalue weighted by Gasteiger charge is -2.28. The quantitative estimate of drug-likeness (QED) is 0.843. The van der Waals surface area contributed by atoms with Crippen molar-refractivity contribution in [1.82, 2.24) is 10.6 Å². The molecule has 0 spiro atoms. The number of carbonyl (C=O) groups is 2. The van der Waals surface area contributed by atoms with Crippen LogP contribution in [0.2, 0.25) is 0 Å². The van der Waals surface area contributed by atoms with E-state index in [9.17, 15) is 9.59 Å². The second kappa shape index (κ2) is 7.46. The first-order valence-corrected chi connectivity index (χ1v) is 8.19. The predicted octanol–water partition coefficient (Wildman–Crippen LogP) is 0.808. The monoisotopic (exact) mass is 317 g/mol. The van der Waals surface area contributed by atoms with E-state index in [-0.39, 0.29) is 17.9 Å². The maximum atomic E-state index is 11.9. The molecular formula is C17H23N3O3. The molecule has 0 aliphatic carbocycles. The fraction of sp³-hybridized carbons (Fsp3) is 0.529. The topological polar surface area (TPSA) is 70.7 Å². The van der Waals surface area contributed by atoms with Gasteiger partial charge in [0.25, 0.3) is 0 Å². The minimum absolute atomic E-state index is 0.0358. The molecule has 0 unspecified atom stereocenters. The molecule has 2 fully saturated rings. The summed E-state index contributed by atoms with van der Waals surface area (Å²) in [6.07, 6.45) is 2.56. The Labute approximate surface area is 136 Å². The van der Waals surface area contributed by atoms with Crippen molar-refractivity contribution in [3.8, 4) is 0 Å². The zero-order chi connectivity index (χ0) is 16.1. The van der Waals surface area contributed by atoms with Gasteiger partial charge in [-0.15, -0.1) is 0 Å². The SMILES string of the molecule is O=C(C[C@@H]1CCCO1)NCc1ccc(N2CCNC(=O)C2)cc1. The maximum absolute atomic E-state index is 11.9. The standard InChI is InChI=1S/C17H23N3O3/c21-16(10-15-2-1-9-23-15)19-11-13-3-5-14(6-4-13)20-8-7-18-17(22)12-20/h3-6,15H,1-2,7-12H2,(H,18,22)(H,19,21)/t15-/m0/s1. The first-order chi connectivity index (χ1) is 11.2. The summed E-state index contributed by atoms with van der Waals surface area (Å²) < 4.78 is 5.47. The van der Waals surface area contributed by atoms with Crippen LogP contribution in [0.25, 0.3) is 0 Å². The van der Waals surface area contributed by atoms with Crippen LogP contribution in [0.5, 0.6) is 0 Å². The second-order valence-electron chi connectivity index (χ2n) is 6.05. The van der Waals surface area contributed by atoms with Crippen LogP contribution >= 0.6 is 0 Å². The number of anilines is 1. The molecule has 2 amide bonds. The highest BCUT2D eigenvalue weighted by Crippen LogP contribution is 2.17. The summed E-state index contributed by atoms with van der Waals surface area (Å²) in [7, 11) is 0. The first-order valence-electron chi connectivity index (χ1n) is 8.19. The van der Waals surface area contributed by atoms with Gasteiger partial charge in [-0.3, -0.25) is 9.59 Å². The van der Waals surface area contributed by atoms with Gasteiger partial charge < -0.3 is 20.3 Å². The number of nitrogens with zero attached hydrogens (tertiary/aromatic N) is 1. The van der Waals surface area contributed by atoms with E-state index in [1.807, 2.05) is 24.3 Å². The number of rotatable bonds is 5. The zero-order valence-corrected chi connectivity index (χ0v) is 13.2. The maximum Gasteiger partial charge on any atom is 0.239 e. The Morgan fingerprint density at radius 2 is 2.17 bits per heavy atom. The summed E-state index contributed by atoms with van der Waals surface area (Å²) in [5.74, 6) is 0.0930. The minimum atomic E-state index is 0.0358. The van der Waals surface area contributed by atoms with E-state index in [4.69, 9.17) is 4.74 Å². The fourth-order valence-corrected chi connectivity index (χ4v) is 2.97.